The van der Waals surface area contributed by atoms with E-state index in [2.05, 4.69) is 4.98 Å². The fourth-order valence-corrected chi connectivity index (χ4v) is 4.09. The third-order valence-electron chi connectivity index (χ3n) is 5.45. The van der Waals surface area contributed by atoms with Gasteiger partial charge in [0.25, 0.3) is 5.91 Å². The zero-order chi connectivity index (χ0) is 19.8. The molecule has 2 saturated heterocycles. The summed E-state index contributed by atoms with van der Waals surface area (Å²) in [4.78, 5) is 37.9. The Morgan fingerprint density at radius 2 is 1.48 bits per heavy atom. The maximum absolute atomic E-state index is 13.3. The maximum Gasteiger partial charge on any atom is 0.262 e. The van der Waals surface area contributed by atoms with Gasteiger partial charge in [0.05, 0.1) is 18.3 Å². The number of anilines is 1. The van der Waals surface area contributed by atoms with Gasteiger partial charge in [-0.3, -0.25) is 24.3 Å². The third-order valence-corrected chi connectivity index (χ3v) is 5.45. The number of pyridine rings is 1. The second kappa shape index (κ2) is 7.14. The minimum atomic E-state index is -0.829. The Bertz CT molecular complexity index is 1030. The lowest BCUT2D eigenvalue weighted by Gasteiger charge is -2.28. The summed E-state index contributed by atoms with van der Waals surface area (Å²) in [5, 5.41) is 1.69. The highest BCUT2D eigenvalue weighted by Crippen LogP contribution is 2.46. The molecular weight excluding hydrogens is 366 g/mol. The topological polar surface area (TPSA) is 62.7 Å². The maximum atomic E-state index is 13.3. The number of rotatable bonds is 4. The summed E-state index contributed by atoms with van der Waals surface area (Å²) in [6.07, 6.45) is 2.55. The van der Waals surface area contributed by atoms with Crippen LogP contribution in [0.15, 0.2) is 85.2 Å². The molecule has 2 aliphatic rings. The number of amides is 2. The molecule has 0 unspecified atom stereocenters. The second-order valence-corrected chi connectivity index (χ2v) is 7.19. The molecule has 2 aliphatic heterocycles. The number of nitrogens with zero attached hydrogens (tertiary/aromatic N) is 3. The highest BCUT2D eigenvalue weighted by atomic mass is 16.7. The summed E-state index contributed by atoms with van der Waals surface area (Å²) in [6, 6.07) is 22.4. The van der Waals surface area contributed by atoms with Crippen molar-refractivity contribution in [1.29, 1.82) is 0 Å². The molecule has 0 aliphatic carbocycles. The SMILES string of the molecule is O=C1[C@@H]2[C@H](ON(c3ccccc3)[C@@H]2c2ccncc2)C(=O)N1Cc1ccccc1. The van der Waals surface area contributed by atoms with E-state index in [0.717, 1.165) is 16.8 Å². The fraction of sp³-hybridized carbons (Fsp3) is 0.174. The number of hydrogen-bond donors (Lipinski definition) is 0. The van der Waals surface area contributed by atoms with Crippen LogP contribution in [0.1, 0.15) is 17.2 Å². The van der Waals surface area contributed by atoms with E-state index in [9.17, 15) is 9.59 Å². The summed E-state index contributed by atoms with van der Waals surface area (Å²) in [5.41, 5.74) is 2.60. The van der Waals surface area contributed by atoms with Crippen molar-refractivity contribution in [2.45, 2.75) is 18.7 Å². The molecule has 2 fully saturated rings. The molecule has 1 aromatic heterocycles. The molecular formula is C23H19N3O3. The number of hydroxylamine groups is 1. The minimum absolute atomic E-state index is 0.205. The molecule has 3 atom stereocenters. The molecule has 29 heavy (non-hydrogen) atoms. The van der Waals surface area contributed by atoms with Crippen LogP contribution in [0, 0.1) is 5.92 Å². The third kappa shape index (κ3) is 2.98. The molecule has 2 amide bonds. The van der Waals surface area contributed by atoms with E-state index in [0.29, 0.717) is 0 Å². The van der Waals surface area contributed by atoms with Gasteiger partial charge in [-0.05, 0) is 35.4 Å². The summed E-state index contributed by atoms with van der Waals surface area (Å²) in [5.74, 6) is -1.10. The number of likely N-dealkylation sites (tertiary alicyclic amines) is 1. The molecule has 0 spiro atoms. The van der Waals surface area contributed by atoms with E-state index in [4.69, 9.17) is 4.84 Å². The average Bonchev–Trinajstić information content (AvgIpc) is 3.28. The van der Waals surface area contributed by atoms with Gasteiger partial charge in [0, 0.05) is 12.4 Å². The van der Waals surface area contributed by atoms with E-state index in [1.54, 1.807) is 17.5 Å². The lowest BCUT2D eigenvalue weighted by Crippen LogP contribution is -2.36. The largest absolute Gasteiger partial charge is 0.275 e. The molecule has 144 valence electrons. The van der Waals surface area contributed by atoms with Gasteiger partial charge in [-0.15, -0.1) is 0 Å². The minimum Gasteiger partial charge on any atom is -0.275 e. The van der Waals surface area contributed by atoms with Gasteiger partial charge in [-0.25, -0.2) is 5.06 Å². The van der Waals surface area contributed by atoms with Gasteiger partial charge in [0.15, 0.2) is 6.10 Å². The number of benzene rings is 2. The van der Waals surface area contributed by atoms with Crippen LogP contribution < -0.4 is 5.06 Å². The van der Waals surface area contributed by atoms with E-state index in [1.165, 1.54) is 4.90 Å². The first-order valence-electron chi connectivity index (χ1n) is 9.54. The monoisotopic (exact) mass is 385 g/mol. The van der Waals surface area contributed by atoms with Crippen LogP contribution in [0.25, 0.3) is 0 Å². The normalized spacial score (nSPS) is 23.5. The van der Waals surface area contributed by atoms with Crippen LogP contribution in [-0.2, 0) is 21.0 Å². The summed E-state index contributed by atoms with van der Waals surface area (Å²) < 4.78 is 0. The quantitative estimate of drug-likeness (QED) is 0.646. The van der Waals surface area contributed by atoms with Gasteiger partial charge in [0.1, 0.15) is 5.92 Å². The van der Waals surface area contributed by atoms with Gasteiger partial charge < -0.3 is 0 Å². The smallest absolute Gasteiger partial charge is 0.262 e. The van der Waals surface area contributed by atoms with Crippen LogP contribution in [0.2, 0.25) is 0 Å². The summed E-state index contributed by atoms with van der Waals surface area (Å²) in [7, 11) is 0. The van der Waals surface area contributed by atoms with Crippen LogP contribution in [0.3, 0.4) is 0 Å². The molecule has 0 N–H and O–H groups in total. The molecule has 5 rings (SSSR count). The van der Waals surface area contributed by atoms with Crippen LogP contribution >= 0.6 is 0 Å². The first kappa shape index (κ1) is 17.6. The molecule has 6 heteroatoms. The van der Waals surface area contributed by atoms with Crippen LogP contribution in [0.5, 0.6) is 0 Å². The highest BCUT2D eigenvalue weighted by molar-refractivity contribution is 6.07. The van der Waals surface area contributed by atoms with Crippen molar-refractivity contribution >= 4 is 17.5 Å². The lowest BCUT2D eigenvalue weighted by molar-refractivity contribution is -0.143. The van der Waals surface area contributed by atoms with Gasteiger partial charge in [0.2, 0.25) is 5.91 Å². The molecule has 0 radical (unpaired) electrons. The standard InChI is InChI=1S/C23H19N3O3/c27-22-19-20(17-11-13-24-14-12-17)26(18-9-5-2-6-10-18)29-21(19)23(28)25(22)15-16-7-3-1-4-8-16/h1-14,19-21H,15H2/t19-,20+,21-/m0/s1. The Morgan fingerprint density at radius 1 is 0.828 bits per heavy atom. The molecule has 3 aromatic rings. The summed E-state index contributed by atoms with van der Waals surface area (Å²) >= 11 is 0. The van der Waals surface area contributed by atoms with Crippen molar-refractivity contribution in [1.82, 2.24) is 9.88 Å². The van der Waals surface area contributed by atoms with Crippen molar-refractivity contribution in [2.24, 2.45) is 5.92 Å². The number of carbonyl (C=O) groups is 2. The van der Waals surface area contributed by atoms with Crippen molar-refractivity contribution in [3.63, 3.8) is 0 Å². The van der Waals surface area contributed by atoms with E-state index in [-0.39, 0.29) is 18.4 Å². The zero-order valence-corrected chi connectivity index (χ0v) is 15.6. The van der Waals surface area contributed by atoms with Gasteiger partial charge in [-0.2, -0.15) is 0 Å². The van der Waals surface area contributed by atoms with E-state index < -0.39 is 18.1 Å². The molecule has 3 heterocycles. The zero-order valence-electron chi connectivity index (χ0n) is 15.6. The van der Waals surface area contributed by atoms with Crippen LogP contribution in [-0.4, -0.2) is 27.8 Å². The number of carbonyl (C=O) groups excluding carboxylic acids is 2. The number of para-hydroxylation sites is 1. The van der Waals surface area contributed by atoms with Crippen LogP contribution in [0.4, 0.5) is 5.69 Å². The van der Waals surface area contributed by atoms with E-state index in [1.807, 2.05) is 72.8 Å². The Kier molecular flexibility index (Phi) is 4.33. The fourth-order valence-electron chi connectivity index (χ4n) is 4.09. The lowest BCUT2D eigenvalue weighted by atomic mass is 9.91. The Balaban J connectivity index is 1.52. The van der Waals surface area contributed by atoms with E-state index >= 15 is 0 Å². The molecule has 2 aromatic carbocycles. The number of hydrogen-bond acceptors (Lipinski definition) is 5. The second-order valence-electron chi connectivity index (χ2n) is 7.19. The number of fused-ring (bicyclic) bond motifs is 1. The van der Waals surface area contributed by atoms with Gasteiger partial charge >= 0.3 is 0 Å². The molecule has 0 bridgehead atoms. The average molecular weight is 385 g/mol. The Labute approximate surface area is 168 Å². The number of imide groups is 1. The van der Waals surface area contributed by atoms with Crippen molar-refractivity contribution in [3.8, 4) is 0 Å². The highest BCUT2D eigenvalue weighted by Gasteiger charge is 2.59. The Morgan fingerprint density at radius 3 is 2.17 bits per heavy atom. The first-order chi connectivity index (χ1) is 14.2. The molecule has 6 nitrogen and oxygen atoms in total. The van der Waals surface area contributed by atoms with Crippen molar-refractivity contribution in [3.05, 3.63) is 96.3 Å². The van der Waals surface area contributed by atoms with Crippen molar-refractivity contribution in [2.75, 3.05) is 5.06 Å². The van der Waals surface area contributed by atoms with Gasteiger partial charge in [-0.1, -0.05) is 48.5 Å². The number of aromatic nitrogens is 1. The predicted octanol–water partition coefficient (Wildman–Crippen LogP) is 3.13. The molecule has 0 saturated carbocycles. The van der Waals surface area contributed by atoms with Crippen molar-refractivity contribution < 1.29 is 14.4 Å². The Hall–Kier alpha value is -3.51. The first-order valence-corrected chi connectivity index (χ1v) is 9.54. The predicted molar refractivity (Wildman–Crippen MR) is 106 cm³/mol. The summed E-state index contributed by atoms with van der Waals surface area (Å²) in [6.45, 7) is 0.253.